The van der Waals surface area contributed by atoms with Crippen molar-refractivity contribution in [2.24, 2.45) is 0 Å². The van der Waals surface area contributed by atoms with E-state index in [1.165, 1.54) is 4.90 Å². The number of hydrogen-bond donors (Lipinski definition) is 1. The van der Waals surface area contributed by atoms with Crippen LogP contribution in [0, 0.1) is 13.8 Å². The molecule has 1 fully saturated rings. The Kier molecular flexibility index (Phi) is 5.02. The molecule has 0 spiro atoms. The molecule has 1 N–H and O–H groups in total. The molecule has 1 unspecified atom stereocenters. The molecule has 33 heavy (non-hydrogen) atoms. The number of fused-ring (bicyclic) bond motifs is 1. The molecular weight excluding hydrogens is 412 g/mol. The van der Waals surface area contributed by atoms with Gasteiger partial charge in [0, 0.05) is 23.6 Å². The number of aromatic nitrogens is 1. The highest BCUT2D eigenvalue weighted by Crippen LogP contribution is 2.42. The minimum atomic E-state index is -0.762. The summed E-state index contributed by atoms with van der Waals surface area (Å²) in [5, 5.41) is 13.3. The minimum absolute atomic E-state index is 0.0692. The molecule has 162 valence electrons. The third-order valence-electron chi connectivity index (χ3n) is 6.26. The van der Waals surface area contributed by atoms with Crippen LogP contribution in [0.1, 0.15) is 28.3 Å². The van der Waals surface area contributed by atoms with E-state index >= 15 is 0 Å². The Balaban J connectivity index is 1.73. The van der Waals surface area contributed by atoms with Crippen LogP contribution in [0.5, 0.6) is 0 Å². The van der Waals surface area contributed by atoms with E-state index in [2.05, 4.69) is 4.98 Å². The van der Waals surface area contributed by atoms with Crippen molar-refractivity contribution >= 4 is 33.9 Å². The van der Waals surface area contributed by atoms with Gasteiger partial charge in [-0.2, -0.15) is 0 Å². The number of carbonyl (C=O) groups is 2. The van der Waals surface area contributed by atoms with Crippen molar-refractivity contribution in [1.82, 2.24) is 4.98 Å². The van der Waals surface area contributed by atoms with E-state index in [1.54, 1.807) is 30.6 Å². The molecule has 1 atom stereocenters. The maximum atomic E-state index is 13.3. The normalized spacial score (nSPS) is 17.6. The number of aliphatic hydroxyl groups excluding tert-OH is 1. The van der Waals surface area contributed by atoms with Crippen molar-refractivity contribution in [1.29, 1.82) is 0 Å². The first-order valence-electron chi connectivity index (χ1n) is 10.7. The quantitative estimate of drug-likeness (QED) is 0.263. The maximum absolute atomic E-state index is 13.3. The van der Waals surface area contributed by atoms with Gasteiger partial charge in [0.15, 0.2) is 0 Å². The van der Waals surface area contributed by atoms with Crippen molar-refractivity contribution in [3.05, 3.63) is 113 Å². The van der Waals surface area contributed by atoms with E-state index in [-0.39, 0.29) is 11.3 Å². The molecule has 5 heteroatoms. The number of benzene rings is 3. The highest BCUT2D eigenvalue weighted by Gasteiger charge is 2.47. The Labute approximate surface area is 191 Å². The number of carbonyl (C=O) groups excluding carboxylic acids is 2. The van der Waals surface area contributed by atoms with Gasteiger partial charge in [0.2, 0.25) is 0 Å². The number of Topliss-reactive ketones (excluding diaryl/α,β-unsaturated/α-hetero) is 1. The van der Waals surface area contributed by atoms with Gasteiger partial charge in [-0.1, -0.05) is 42.5 Å². The van der Waals surface area contributed by atoms with Crippen LogP contribution in [-0.4, -0.2) is 21.8 Å². The average Bonchev–Trinajstić information content (AvgIpc) is 3.11. The first-order valence-corrected chi connectivity index (χ1v) is 10.7. The monoisotopic (exact) mass is 434 g/mol. The number of rotatable bonds is 3. The van der Waals surface area contributed by atoms with Gasteiger partial charge in [0.1, 0.15) is 5.76 Å². The fourth-order valence-corrected chi connectivity index (χ4v) is 4.33. The maximum Gasteiger partial charge on any atom is 0.300 e. The van der Waals surface area contributed by atoms with Crippen molar-refractivity contribution < 1.29 is 14.7 Å². The van der Waals surface area contributed by atoms with Gasteiger partial charge >= 0.3 is 0 Å². The zero-order valence-corrected chi connectivity index (χ0v) is 18.3. The van der Waals surface area contributed by atoms with Crippen LogP contribution in [0.3, 0.4) is 0 Å². The van der Waals surface area contributed by atoms with Gasteiger partial charge in [0.05, 0.1) is 11.6 Å². The third-order valence-corrected chi connectivity index (χ3v) is 6.26. The Morgan fingerprint density at radius 2 is 1.58 bits per heavy atom. The second kappa shape index (κ2) is 8.02. The van der Waals surface area contributed by atoms with Crippen molar-refractivity contribution in [3.63, 3.8) is 0 Å². The van der Waals surface area contributed by atoms with Gasteiger partial charge in [0.25, 0.3) is 11.7 Å². The van der Waals surface area contributed by atoms with E-state index in [4.69, 9.17) is 0 Å². The highest BCUT2D eigenvalue weighted by molar-refractivity contribution is 6.51. The van der Waals surface area contributed by atoms with Crippen LogP contribution < -0.4 is 4.90 Å². The summed E-state index contributed by atoms with van der Waals surface area (Å²) in [6.07, 6.45) is 3.23. The molecular formula is C28H22N2O3. The standard InChI is InChI=1S/C28H22N2O3/c1-17-7-10-23(15-18(17)2)30-25(20-11-13-29-14-12-20)24(27(32)28(30)33)26(31)22-9-8-19-5-3-4-6-21(19)16-22/h3-16,25,31H,1-2H3/b26-24-. The summed E-state index contributed by atoms with van der Waals surface area (Å²) >= 11 is 0. The van der Waals surface area contributed by atoms with Crippen molar-refractivity contribution in [2.45, 2.75) is 19.9 Å². The predicted molar refractivity (Wildman–Crippen MR) is 129 cm³/mol. The van der Waals surface area contributed by atoms with E-state index in [0.29, 0.717) is 16.8 Å². The van der Waals surface area contributed by atoms with Crippen LogP contribution >= 0.6 is 0 Å². The Hall–Kier alpha value is -4.25. The van der Waals surface area contributed by atoms with Crippen molar-refractivity contribution in [3.8, 4) is 0 Å². The molecule has 1 aromatic heterocycles. The number of hydrogen-bond acceptors (Lipinski definition) is 4. The summed E-state index contributed by atoms with van der Waals surface area (Å²) in [6, 6.07) is 21.7. The van der Waals surface area contributed by atoms with Crippen LogP contribution in [0.4, 0.5) is 5.69 Å². The number of aryl methyl sites for hydroxylation is 2. The molecule has 0 saturated carbocycles. The SMILES string of the molecule is Cc1ccc(N2C(=O)C(=O)/C(=C(\O)c3ccc4ccccc4c3)C2c2ccncc2)cc1C. The van der Waals surface area contributed by atoms with E-state index < -0.39 is 17.7 Å². The molecule has 0 aliphatic carbocycles. The molecule has 4 aromatic rings. The zero-order valence-electron chi connectivity index (χ0n) is 18.3. The summed E-state index contributed by atoms with van der Waals surface area (Å²) < 4.78 is 0. The van der Waals surface area contributed by atoms with Crippen LogP contribution in [0.25, 0.3) is 16.5 Å². The summed E-state index contributed by atoms with van der Waals surface area (Å²) in [6.45, 7) is 3.96. The molecule has 1 amide bonds. The second-order valence-corrected chi connectivity index (χ2v) is 8.28. The highest BCUT2D eigenvalue weighted by atomic mass is 16.3. The second-order valence-electron chi connectivity index (χ2n) is 8.28. The molecule has 5 nitrogen and oxygen atoms in total. The van der Waals surface area contributed by atoms with Gasteiger partial charge in [-0.3, -0.25) is 19.5 Å². The number of anilines is 1. The third kappa shape index (κ3) is 3.48. The van der Waals surface area contributed by atoms with Gasteiger partial charge in [-0.05, 0) is 71.6 Å². The van der Waals surface area contributed by atoms with Crippen LogP contribution in [0.15, 0.2) is 90.8 Å². The average molecular weight is 434 g/mol. The molecule has 5 rings (SSSR count). The van der Waals surface area contributed by atoms with Gasteiger partial charge < -0.3 is 5.11 Å². The Morgan fingerprint density at radius 1 is 0.848 bits per heavy atom. The number of nitrogens with zero attached hydrogens (tertiary/aromatic N) is 2. The van der Waals surface area contributed by atoms with Crippen LogP contribution in [0.2, 0.25) is 0 Å². The first kappa shape index (κ1) is 20.6. The summed E-state index contributed by atoms with van der Waals surface area (Å²) in [7, 11) is 0. The summed E-state index contributed by atoms with van der Waals surface area (Å²) in [5.41, 5.74) is 3.97. The summed E-state index contributed by atoms with van der Waals surface area (Å²) in [4.78, 5) is 32.1. The summed E-state index contributed by atoms with van der Waals surface area (Å²) in [5.74, 6) is -1.56. The molecule has 1 saturated heterocycles. The Morgan fingerprint density at radius 3 is 2.30 bits per heavy atom. The fourth-order valence-electron chi connectivity index (χ4n) is 4.33. The lowest BCUT2D eigenvalue weighted by Crippen LogP contribution is -2.29. The predicted octanol–water partition coefficient (Wildman–Crippen LogP) is 5.48. The number of pyridine rings is 1. The number of aliphatic hydroxyl groups is 1. The molecule has 2 heterocycles. The molecule has 0 bridgehead atoms. The molecule has 1 aliphatic heterocycles. The lowest BCUT2D eigenvalue weighted by atomic mass is 9.95. The lowest BCUT2D eigenvalue weighted by molar-refractivity contribution is -0.132. The molecule has 0 radical (unpaired) electrons. The van der Waals surface area contributed by atoms with Gasteiger partial charge in [-0.25, -0.2) is 0 Å². The number of amides is 1. The largest absolute Gasteiger partial charge is 0.507 e. The minimum Gasteiger partial charge on any atom is -0.507 e. The van der Waals surface area contributed by atoms with Gasteiger partial charge in [-0.15, -0.1) is 0 Å². The first-order chi connectivity index (χ1) is 16.0. The molecule has 3 aromatic carbocycles. The van der Waals surface area contributed by atoms with E-state index in [1.807, 2.05) is 68.4 Å². The Bertz CT molecular complexity index is 1440. The van der Waals surface area contributed by atoms with Crippen LogP contribution in [-0.2, 0) is 9.59 Å². The number of ketones is 1. The topological polar surface area (TPSA) is 70.5 Å². The molecule has 1 aliphatic rings. The smallest absolute Gasteiger partial charge is 0.300 e. The van der Waals surface area contributed by atoms with E-state index in [0.717, 1.165) is 21.9 Å². The zero-order chi connectivity index (χ0) is 23.1. The van der Waals surface area contributed by atoms with Crippen molar-refractivity contribution in [2.75, 3.05) is 4.90 Å². The lowest BCUT2D eigenvalue weighted by Gasteiger charge is -2.26. The van der Waals surface area contributed by atoms with E-state index in [9.17, 15) is 14.7 Å². The fraction of sp³-hybridized carbons (Fsp3) is 0.107.